The topological polar surface area (TPSA) is 60.7 Å². The highest BCUT2D eigenvalue weighted by Gasteiger charge is 2.33. The quantitative estimate of drug-likeness (QED) is 0.578. The van der Waals surface area contributed by atoms with Gasteiger partial charge >= 0.3 is 5.97 Å². The van der Waals surface area contributed by atoms with E-state index in [1.165, 1.54) is 22.7 Å². The van der Waals surface area contributed by atoms with Gasteiger partial charge in [0.15, 0.2) is 4.80 Å². The summed E-state index contributed by atoms with van der Waals surface area (Å²) in [6.07, 6.45) is 1.76. The second-order valence-electron chi connectivity index (χ2n) is 6.34. The van der Waals surface area contributed by atoms with Gasteiger partial charge in [-0.2, -0.15) is 0 Å². The first-order valence-electron chi connectivity index (χ1n) is 8.99. The zero-order valence-electron chi connectivity index (χ0n) is 15.7. The van der Waals surface area contributed by atoms with Gasteiger partial charge in [-0.15, -0.1) is 11.3 Å². The Labute approximate surface area is 179 Å². The van der Waals surface area contributed by atoms with E-state index in [4.69, 9.17) is 16.3 Å². The van der Waals surface area contributed by atoms with Gasteiger partial charge in [0.05, 0.1) is 22.4 Å². The van der Waals surface area contributed by atoms with E-state index in [1.807, 2.05) is 35.7 Å². The van der Waals surface area contributed by atoms with Crippen LogP contribution in [0.15, 0.2) is 62.8 Å². The summed E-state index contributed by atoms with van der Waals surface area (Å²) in [6, 6.07) is 10.6. The molecule has 148 valence electrons. The van der Waals surface area contributed by atoms with Crippen LogP contribution in [-0.2, 0) is 9.53 Å². The molecular weight excluding hydrogens is 428 g/mol. The Morgan fingerprint density at radius 3 is 2.79 bits per heavy atom. The lowest BCUT2D eigenvalue weighted by atomic mass is 10.0. The van der Waals surface area contributed by atoms with Crippen LogP contribution in [0.2, 0.25) is 5.02 Å². The molecule has 0 aliphatic carbocycles. The molecule has 1 unspecified atom stereocenters. The minimum atomic E-state index is -0.557. The first-order chi connectivity index (χ1) is 14.0. The zero-order chi connectivity index (χ0) is 20.5. The lowest BCUT2D eigenvalue weighted by Crippen LogP contribution is -2.39. The molecule has 0 saturated carbocycles. The molecule has 1 aromatic carbocycles. The van der Waals surface area contributed by atoms with Crippen molar-refractivity contribution in [3.8, 4) is 0 Å². The Kier molecular flexibility index (Phi) is 5.54. The molecular formula is C21H17ClN2O3S2. The second kappa shape index (κ2) is 8.10. The number of carbonyl (C=O) groups excluding carboxylic acids is 1. The number of rotatable bonds is 4. The minimum absolute atomic E-state index is 0.207. The molecule has 1 atom stereocenters. The van der Waals surface area contributed by atoms with Crippen LogP contribution >= 0.6 is 34.3 Å². The maximum absolute atomic E-state index is 13.3. The average Bonchev–Trinajstić information content (AvgIpc) is 3.32. The Morgan fingerprint density at radius 2 is 2.10 bits per heavy atom. The van der Waals surface area contributed by atoms with E-state index in [0.29, 0.717) is 25.6 Å². The number of nitrogens with zero attached hydrogens (tertiary/aromatic N) is 2. The zero-order valence-corrected chi connectivity index (χ0v) is 18.1. The van der Waals surface area contributed by atoms with Crippen molar-refractivity contribution in [3.63, 3.8) is 0 Å². The van der Waals surface area contributed by atoms with Gasteiger partial charge in [0.2, 0.25) is 0 Å². The summed E-state index contributed by atoms with van der Waals surface area (Å²) in [6.45, 7) is 3.79. The second-order valence-corrected chi connectivity index (χ2v) is 8.73. The molecule has 5 nitrogen and oxygen atoms in total. The van der Waals surface area contributed by atoms with Crippen LogP contribution in [0.5, 0.6) is 0 Å². The highest BCUT2D eigenvalue weighted by atomic mass is 35.5. The van der Waals surface area contributed by atoms with Gasteiger partial charge in [0.1, 0.15) is 6.04 Å². The van der Waals surface area contributed by atoms with Gasteiger partial charge in [0, 0.05) is 9.90 Å². The summed E-state index contributed by atoms with van der Waals surface area (Å²) in [5, 5.41) is 2.49. The van der Waals surface area contributed by atoms with E-state index < -0.39 is 12.0 Å². The molecule has 3 heterocycles. The van der Waals surface area contributed by atoms with E-state index in [1.54, 1.807) is 30.6 Å². The summed E-state index contributed by atoms with van der Waals surface area (Å²) in [5.41, 5.74) is 1.51. The van der Waals surface area contributed by atoms with Gasteiger partial charge in [-0.1, -0.05) is 47.2 Å². The number of allylic oxidation sites excluding steroid dienone is 1. The summed E-state index contributed by atoms with van der Waals surface area (Å²) >= 11 is 9.03. The standard InChI is InChI=1S/C21H17ClN2O3S2/c1-3-27-20(26)17-12(2)23-21-24(18(17)15-9-6-10-28-15)19(25)16(29-21)11-13-7-4-5-8-14(13)22/h4-11,18H,3H2,1-2H3/b16-11-. The number of ether oxygens (including phenoxy) is 1. The van der Waals surface area contributed by atoms with Gasteiger partial charge < -0.3 is 4.74 Å². The lowest BCUT2D eigenvalue weighted by molar-refractivity contribution is -0.139. The maximum Gasteiger partial charge on any atom is 0.338 e. The van der Waals surface area contributed by atoms with E-state index >= 15 is 0 Å². The number of thiophene rings is 1. The van der Waals surface area contributed by atoms with Gasteiger partial charge in [0.25, 0.3) is 5.56 Å². The van der Waals surface area contributed by atoms with Crippen LogP contribution in [-0.4, -0.2) is 17.1 Å². The molecule has 8 heteroatoms. The number of thiazole rings is 1. The Hall–Kier alpha value is -2.48. The maximum atomic E-state index is 13.3. The van der Waals surface area contributed by atoms with Gasteiger partial charge in [-0.3, -0.25) is 9.36 Å². The van der Waals surface area contributed by atoms with Gasteiger partial charge in [-0.05, 0) is 43.0 Å². The van der Waals surface area contributed by atoms with Crippen LogP contribution in [0.3, 0.4) is 0 Å². The largest absolute Gasteiger partial charge is 0.463 e. The number of hydrogen-bond donors (Lipinski definition) is 0. The molecule has 0 saturated heterocycles. The van der Waals surface area contributed by atoms with Crippen molar-refractivity contribution in [1.29, 1.82) is 0 Å². The molecule has 0 amide bonds. The Morgan fingerprint density at radius 1 is 1.31 bits per heavy atom. The van der Waals surface area contributed by atoms with Gasteiger partial charge in [-0.25, -0.2) is 9.79 Å². The highest BCUT2D eigenvalue weighted by Crippen LogP contribution is 2.33. The average molecular weight is 445 g/mol. The normalized spacial score (nSPS) is 16.5. The summed E-state index contributed by atoms with van der Waals surface area (Å²) in [5.74, 6) is -0.451. The number of benzene rings is 1. The SMILES string of the molecule is CCOC(=O)C1=C(C)N=c2s/c(=C\c3ccccc3Cl)c(=O)n2C1c1cccs1. The molecule has 0 spiro atoms. The Bertz CT molecular complexity index is 1290. The van der Waals surface area contributed by atoms with E-state index in [0.717, 1.165) is 10.4 Å². The van der Waals surface area contributed by atoms with E-state index in [9.17, 15) is 9.59 Å². The van der Waals surface area contributed by atoms with Crippen LogP contribution in [0.1, 0.15) is 30.3 Å². The number of hydrogen-bond acceptors (Lipinski definition) is 6. The summed E-state index contributed by atoms with van der Waals surface area (Å²) < 4.78 is 7.36. The third-order valence-corrected chi connectivity index (χ3v) is 6.77. The predicted octanol–water partition coefficient (Wildman–Crippen LogP) is 3.51. The van der Waals surface area contributed by atoms with Crippen molar-refractivity contribution < 1.29 is 9.53 Å². The predicted molar refractivity (Wildman–Crippen MR) is 116 cm³/mol. The fourth-order valence-electron chi connectivity index (χ4n) is 3.24. The number of carbonyl (C=O) groups is 1. The van der Waals surface area contributed by atoms with Crippen LogP contribution < -0.4 is 14.9 Å². The third-order valence-electron chi connectivity index (χ3n) is 4.52. The van der Waals surface area contributed by atoms with Crippen molar-refractivity contribution >= 4 is 46.3 Å². The van der Waals surface area contributed by atoms with Crippen molar-refractivity contribution in [1.82, 2.24) is 4.57 Å². The molecule has 3 aromatic rings. The van der Waals surface area contributed by atoms with Crippen LogP contribution in [0, 0.1) is 0 Å². The van der Waals surface area contributed by atoms with Crippen LogP contribution in [0.4, 0.5) is 0 Å². The van der Waals surface area contributed by atoms with Crippen molar-refractivity contribution in [2.45, 2.75) is 19.9 Å². The number of esters is 1. The fraction of sp³-hybridized carbons (Fsp3) is 0.190. The van der Waals surface area contributed by atoms with Crippen molar-refractivity contribution in [3.05, 3.63) is 88.2 Å². The lowest BCUT2D eigenvalue weighted by Gasteiger charge is -2.23. The number of aromatic nitrogens is 1. The Balaban J connectivity index is 1.96. The molecule has 0 fully saturated rings. The molecule has 0 bridgehead atoms. The van der Waals surface area contributed by atoms with E-state index in [-0.39, 0.29) is 12.2 Å². The molecule has 2 aromatic heterocycles. The fourth-order valence-corrected chi connectivity index (χ4v) is 5.29. The number of fused-ring (bicyclic) bond motifs is 1. The molecule has 0 N–H and O–H groups in total. The van der Waals surface area contributed by atoms with Crippen LogP contribution in [0.25, 0.3) is 6.08 Å². The van der Waals surface area contributed by atoms with E-state index in [2.05, 4.69) is 4.99 Å². The molecule has 4 rings (SSSR count). The summed E-state index contributed by atoms with van der Waals surface area (Å²) in [7, 11) is 0. The van der Waals surface area contributed by atoms with Crippen molar-refractivity contribution in [2.24, 2.45) is 4.99 Å². The smallest absolute Gasteiger partial charge is 0.338 e. The van der Waals surface area contributed by atoms with Crippen molar-refractivity contribution in [2.75, 3.05) is 6.61 Å². The monoisotopic (exact) mass is 444 g/mol. The highest BCUT2D eigenvalue weighted by molar-refractivity contribution is 7.10. The first kappa shape index (κ1) is 19.8. The summed E-state index contributed by atoms with van der Waals surface area (Å²) in [4.78, 5) is 32.0. The minimum Gasteiger partial charge on any atom is -0.463 e. The molecule has 29 heavy (non-hydrogen) atoms. The molecule has 1 aliphatic heterocycles. The molecule has 1 aliphatic rings. The number of halogens is 1. The third kappa shape index (κ3) is 3.61. The first-order valence-corrected chi connectivity index (χ1v) is 11.1. The molecule has 0 radical (unpaired) electrons.